The molecule has 5 rings (SSSR count). The molecule has 1 N–H and O–H groups in total. The minimum atomic E-state index is -4.70. The third-order valence-electron chi connectivity index (χ3n) is 7.06. The average Bonchev–Trinajstić information content (AvgIpc) is 3.32. The molecule has 1 aliphatic heterocycles. The number of alkyl halides is 3. The molecule has 1 aliphatic rings. The molecule has 10 heteroatoms. The van der Waals surface area contributed by atoms with Crippen molar-refractivity contribution in [3.63, 3.8) is 0 Å². The molecule has 1 saturated heterocycles. The fourth-order valence-electron chi connectivity index (χ4n) is 5.07. The van der Waals surface area contributed by atoms with Crippen LogP contribution in [-0.2, 0) is 13.0 Å². The van der Waals surface area contributed by atoms with Gasteiger partial charge < -0.3 is 15.0 Å². The Morgan fingerprint density at radius 2 is 1.74 bits per heavy atom. The molecule has 2 aromatic carbocycles. The first kappa shape index (κ1) is 26.5. The maximum Gasteiger partial charge on any atom is 0.573 e. The van der Waals surface area contributed by atoms with Crippen LogP contribution in [-0.4, -0.2) is 34.7 Å². The van der Waals surface area contributed by atoms with E-state index in [4.69, 9.17) is 0 Å². The summed E-state index contributed by atoms with van der Waals surface area (Å²) in [6.07, 6.45) is -0.718. The SMILES string of the molecule is CCc1nc2c(F)cccn2c1C(=O)NCc1ccc(C2CCN(c3ccc(OC(F)(F)F)cc3)CC2)cc1. The molecule has 0 aliphatic carbocycles. The predicted molar refractivity (Wildman–Crippen MR) is 139 cm³/mol. The van der Waals surface area contributed by atoms with Crippen molar-refractivity contribution in [2.75, 3.05) is 18.0 Å². The highest BCUT2D eigenvalue weighted by atomic mass is 19.4. The summed E-state index contributed by atoms with van der Waals surface area (Å²) in [6, 6.07) is 17.0. The van der Waals surface area contributed by atoms with Gasteiger partial charge in [0, 0.05) is 31.5 Å². The molecule has 0 spiro atoms. The summed E-state index contributed by atoms with van der Waals surface area (Å²) in [4.78, 5) is 19.4. The number of hydrogen-bond donors (Lipinski definition) is 1. The van der Waals surface area contributed by atoms with Crippen molar-refractivity contribution in [3.8, 4) is 5.75 Å². The Morgan fingerprint density at radius 1 is 1.05 bits per heavy atom. The summed E-state index contributed by atoms with van der Waals surface area (Å²) in [5.74, 6) is -0.631. The number of halogens is 4. The molecule has 39 heavy (non-hydrogen) atoms. The summed E-state index contributed by atoms with van der Waals surface area (Å²) in [5.41, 5.74) is 4.06. The number of piperidine rings is 1. The molecule has 1 amide bonds. The lowest BCUT2D eigenvalue weighted by atomic mass is 9.89. The zero-order chi connectivity index (χ0) is 27.6. The quantitative estimate of drug-likeness (QED) is 0.282. The first-order chi connectivity index (χ1) is 18.7. The van der Waals surface area contributed by atoms with Crippen LogP contribution in [0, 0.1) is 5.82 Å². The zero-order valence-electron chi connectivity index (χ0n) is 21.3. The number of ether oxygens (including phenoxy) is 1. The number of pyridine rings is 1. The number of fused-ring (bicyclic) bond motifs is 1. The summed E-state index contributed by atoms with van der Waals surface area (Å²) >= 11 is 0. The fraction of sp³-hybridized carbons (Fsp3) is 0.310. The van der Waals surface area contributed by atoms with Gasteiger partial charge in [0.25, 0.3) is 5.91 Å². The molecular weight excluding hydrogens is 512 g/mol. The Morgan fingerprint density at radius 3 is 2.38 bits per heavy atom. The van der Waals surface area contributed by atoms with Crippen molar-refractivity contribution < 1.29 is 27.1 Å². The van der Waals surface area contributed by atoms with Gasteiger partial charge in [-0.25, -0.2) is 9.37 Å². The number of hydrogen-bond acceptors (Lipinski definition) is 4. The molecule has 0 atom stereocenters. The maximum absolute atomic E-state index is 14.1. The Labute approximate surface area is 223 Å². The van der Waals surface area contributed by atoms with Gasteiger partial charge in [0.2, 0.25) is 0 Å². The first-order valence-electron chi connectivity index (χ1n) is 12.8. The summed E-state index contributed by atoms with van der Waals surface area (Å²) in [5, 5.41) is 2.93. The van der Waals surface area contributed by atoms with Gasteiger partial charge in [-0.3, -0.25) is 9.20 Å². The smallest absolute Gasteiger partial charge is 0.406 e. The predicted octanol–water partition coefficient (Wildman–Crippen LogP) is 6.25. The van der Waals surface area contributed by atoms with E-state index in [1.165, 1.54) is 28.2 Å². The number of imidazole rings is 1. The molecule has 0 unspecified atom stereocenters. The van der Waals surface area contributed by atoms with Gasteiger partial charge in [0.1, 0.15) is 11.4 Å². The average molecular weight is 541 g/mol. The maximum atomic E-state index is 14.1. The zero-order valence-corrected chi connectivity index (χ0v) is 21.3. The first-order valence-corrected chi connectivity index (χ1v) is 12.8. The van der Waals surface area contributed by atoms with Crippen molar-refractivity contribution in [1.29, 1.82) is 0 Å². The van der Waals surface area contributed by atoms with Crippen molar-refractivity contribution in [2.24, 2.45) is 0 Å². The molecule has 0 saturated carbocycles. The third kappa shape index (κ3) is 6.00. The van der Waals surface area contributed by atoms with E-state index < -0.39 is 12.2 Å². The van der Waals surface area contributed by atoms with Crippen molar-refractivity contribution >= 4 is 17.2 Å². The van der Waals surface area contributed by atoms with Crippen LogP contribution in [0.3, 0.4) is 0 Å². The Kier molecular flexibility index (Phi) is 7.45. The molecular formula is C29H28F4N4O2. The summed E-state index contributed by atoms with van der Waals surface area (Å²) < 4.78 is 56.7. The highest BCUT2D eigenvalue weighted by molar-refractivity contribution is 5.94. The Bertz CT molecular complexity index is 1440. The normalized spacial score (nSPS) is 14.5. The van der Waals surface area contributed by atoms with E-state index in [0.717, 1.165) is 37.2 Å². The van der Waals surface area contributed by atoms with E-state index in [9.17, 15) is 22.4 Å². The summed E-state index contributed by atoms with van der Waals surface area (Å²) in [6.45, 7) is 3.80. The van der Waals surface area contributed by atoms with Gasteiger partial charge in [-0.05, 0) is 72.7 Å². The van der Waals surface area contributed by atoms with E-state index in [2.05, 4.69) is 32.1 Å². The van der Waals surface area contributed by atoms with Gasteiger partial charge in [0.15, 0.2) is 11.5 Å². The highest BCUT2D eigenvalue weighted by Gasteiger charge is 2.31. The Balaban J connectivity index is 1.16. The number of anilines is 1. The van der Waals surface area contributed by atoms with Gasteiger partial charge in [-0.15, -0.1) is 13.2 Å². The molecule has 3 heterocycles. The van der Waals surface area contributed by atoms with Crippen LogP contribution in [0.5, 0.6) is 5.75 Å². The number of nitrogens with zero attached hydrogens (tertiary/aromatic N) is 3. The standard InChI is InChI=1S/C29H28F4N4O2/c1-2-25-26(37-15-3-4-24(30)27(37)35-25)28(38)34-18-19-5-7-20(8-6-19)21-13-16-36(17-14-21)22-9-11-23(12-10-22)39-29(31,32)33/h3-12,15,21H,2,13-14,16-18H2,1H3,(H,34,38). The lowest BCUT2D eigenvalue weighted by molar-refractivity contribution is -0.274. The van der Waals surface area contributed by atoms with Crippen molar-refractivity contribution in [2.45, 2.75) is 45.0 Å². The topological polar surface area (TPSA) is 58.9 Å². The van der Waals surface area contributed by atoms with Crippen molar-refractivity contribution in [3.05, 3.63) is 95.2 Å². The molecule has 6 nitrogen and oxygen atoms in total. The van der Waals surface area contributed by atoms with Crippen LogP contribution in [0.4, 0.5) is 23.2 Å². The molecule has 1 fully saturated rings. The number of carbonyl (C=O) groups excluding carboxylic acids is 1. The molecule has 0 radical (unpaired) electrons. The molecule has 2 aromatic heterocycles. The van der Waals surface area contributed by atoms with Crippen LogP contribution in [0.2, 0.25) is 0 Å². The second-order valence-electron chi connectivity index (χ2n) is 9.54. The number of aromatic nitrogens is 2. The van der Waals surface area contributed by atoms with Crippen LogP contribution < -0.4 is 15.0 Å². The Hall–Kier alpha value is -4.08. The number of aryl methyl sites for hydroxylation is 1. The largest absolute Gasteiger partial charge is 0.573 e. The second-order valence-corrected chi connectivity index (χ2v) is 9.54. The van der Waals surface area contributed by atoms with E-state index in [1.54, 1.807) is 24.4 Å². The lowest BCUT2D eigenvalue weighted by Crippen LogP contribution is -2.32. The van der Waals surface area contributed by atoms with Gasteiger partial charge in [-0.2, -0.15) is 0 Å². The van der Waals surface area contributed by atoms with Gasteiger partial charge >= 0.3 is 6.36 Å². The highest BCUT2D eigenvalue weighted by Crippen LogP contribution is 2.32. The van der Waals surface area contributed by atoms with Crippen molar-refractivity contribution in [1.82, 2.24) is 14.7 Å². The van der Waals surface area contributed by atoms with E-state index >= 15 is 0 Å². The van der Waals surface area contributed by atoms with Gasteiger partial charge in [-0.1, -0.05) is 31.2 Å². The number of amides is 1. The number of nitrogens with one attached hydrogen (secondary N) is 1. The van der Waals surface area contributed by atoms with E-state index in [1.807, 2.05) is 19.1 Å². The third-order valence-corrected chi connectivity index (χ3v) is 7.06. The van der Waals surface area contributed by atoms with Crippen LogP contribution in [0.15, 0.2) is 66.9 Å². The number of benzene rings is 2. The molecule has 204 valence electrons. The van der Waals surface area contributed by atoms with E-state index in [-0.39, 0.29) is 17.3 Å². The lowest BCUT2D eigenvalue weighted by Gasteiger charge is -2.34. The molecule has 0 bridgehead atoms. The minimum absolute atomic E-state index is 0.141. The monoisotopic (exact) mass is 540 g/mol. The van der Waals surface area contributed by atoms with E-state index in [0.29, 0.717) is 30.3 Å². The summed E-state index contributed by atoms with van der Waals surface area (Å²) in [7, 11) is 0. The van der Waals surface area contributed by atoms with Crippen LogP contribution in [0.25, 0.3) is 5.65 Å². The van der Waals surface area contributed by atoms with Crippen LogP contribution >= 0.6 is 0 Å². The number of carbonyl (C=O) groups is 1. The number of rotatable bonds is 7. The van der Waals surface area contributed by atoms with Gasteiger partial charge in [0.05, 0.1) is 5.69 Å². The molecule has 4 aromatic rings. The van der Waals surface area contributed by atoms with Crippen LogP contribution in [0.1, 0.15) is 53.0 Å². The second kappa shape index (κ2) is 11.0. The fourth-order valence-corrected chi connectivity index (χ4v) is 5.07. The minimum Gasteiger partial charge on any atom is -0.406 e.